The van der Waals surface area contributed by atoms with Crippen LogP contribution in [0.1, 0.15) is 11.4 Å². The summed E-state index contributed by atoms with van der Waals surface area (Å²) in [5, 5.41) is 6.29. The summed E-state index contributed by atoms with van der Waals surface area (Å²) in [4.78, 5) is 0.278. The molecule has 0 aromatic carbocycles. The van der Waals surface area contributed by atoms with Gasteiger partial charge in [0.05, 0.1) is 10.6 Å². The summed E-state index contributed by atoms with van der Waals surface area (Å²) in [5.74, 6) is 0. The molecule has 0 radical (unpaired) electrons. The molecule has 1 rings (SSSR count). The van der Waals surface area contributed by atoms with Gasteiger partial charge in [0.1, 0.15) is 0 Å². The van der Waals surface area contributed by atoms with Gasteiger partial charge in [-0.2, -0.15) is 5.10 Å². The van der Waals surface area contributed by atoms with Gasteiger partial charge in [-0.05, 0) is 24.9 Å². The van der Waals surface area contributed by atoms with Crippen molar-refractivity contribution >= 4 is 11.1 Å². The summed E-state index contributed by atoms with van der Waals surface area (Å²) >= 11 is -2.16. The fraction of sp³-hybridized carbons (Fsp3) is 0.400. The maximum atomic E-state index is 10.4. The van der Waals surface area contributed by atoms with Crippen molar-refractivity contribution in [2.45, 2.75) is 18.7 Å². The van der Waals surface area contributed by atoms with E-state index >= 15 is 0 Å². The van der Waals surface area contributed by atoms with Crippen LogP contribution in [0.2, 0.25) is 0 Å². The Morgan fingerprint density at radius 1 is 1.55 bits per heavy atom. The van der Waals surface area contributed by atoms with Crippen LogP contribution in [0.5, 0.6) is 0 Å². The fourth-order valence-electron chi connectivity index (χ4n) is 0.786. The number of nitrogens with zero attached hydrogens (tertiary/aromatic N) is 1. The van der Waals surface area contributed by atoms with Gasteiger partial charge in [-0.3, -0.25) is 9.31 Å². The van der Waals surface area contributed by atoms with Gasteiger partial charge in [0.25, 0.3) is 0 Å². The predicted octanol–water partition coefficient (Wildman–Crippen LogP) is -2.73. The maximum Gasteiger partial charge on any atom is 1.00 e. The summed E-state index contributed by atoms with van der Waals surface area (Å²) in [6.07, 6.45) is 0. The average Bonchev–Trinajstić information content (AvgIpc) is 2.11. The van der Waals surface area contributed by atoms with Crippen molar-refractivity contribution in [3.63, 3.8) is 0 Å². The predicted molar refractivity (Wildman–Crippen MR) is 35.2 cm³/mol. The largest absolute Gasteiger partial charge is 1.00 e. The van der Waals surface area contributed by atoms with Gasteiger partial charge in [-0.15, -0.1) is 0 Å². The molecule has 1 unspecified atom stereocenters. The molecule has 1 atom stereocenters. The van der Waals surface area contributed by atoms with Crippen LogP contribution in [0.4, 0.5) is 0 Å². The molecule has 1 aromatic rings. The molecule has 0 aliphatic heterocycles. The first-order valence-corrected chi connectivity index (χ1v) is 3.81. The molecule has 4 nitrogen and oxygen atoms in total. The normalized spacial score (nSPS) is 12.3. The van der Waals surface area contributed by atoms with Crippen LogP contribution in [-0.4, -0.2) is 19.0 Å². The third-order valence-corrected chi connectivity index (χ3v) is 2.16. The summed E-state index contributed by atoms with van der Waals surface area (Å²) in [5.41, 5.74) is 1.11. The Labute approximate surface area is 89.3 Å². The molecule has 1 heterocycles. The van der Waals surface area contributed by atoms with Gasteiger partial charge >= 0.3 is 29.6 Å². The van der Waals surface area contributed by atoms with Crippen molar-refractivity contribution in [1.82, 2.24) is 10.2 Å². The minimum absolute atomic E-state index is 0. The molecule has 0 aliphatic carbocycles. The zero-order chi connectivity index (χ0) is 7.72. The van der Waals surface area contributed by atoms with E-state index in [1.807, 2.05) is 0 Å². The maximum absolute atomic E-state index is 10.4. The van der Waals surface area contributed by atoms with Gasteiger partial charge in [0.2, 0.25) is 0 Å². The van der Waals surface area contributed by atoms with E-state index in [2.05, 4.69) is 10.2 Å². The first kappa shape index (κ1) is 11.3. The first-order valence-electron chi connectivity index (χ1n) is 2.73. The molecule has 0 bridgehead atoms. The Hall–Kier alpha value is 0.320. The van der Waals surface area contributed by atoms with E-state index in [-0.39, 0.29) is 34.5 Å². The Kier molecular flexibility index (Phi) is 4.50. The van der Waals surface area contributed by atoms with E-state index in [4.69, 9.17) is 0 Å². The molecule has 11 heavy (non-hydrogen) atoms. The van der Waals surface area contributed by atoms with Crippen molar-refractivity contribution in [3.05, 3.63) is 11.4 Å². The van der Waals surface area contributed by atoms with Crippen LogP contribution < -0.4 is 29.6 Å². The first-order chi connectivity index (χ1) is 4.63. The molecular weight excluding hydrogens is 175 g/mol. The number of hydrogen-bond acceptors (Lipinski definition) is 3. The van der Waals surface area contributed by atoms with Gasteiger partial charge in [0.15, 0.2) is 0 Å². The van der Waals surface area contributed by atoms with E-state index in [1.54, 1.807) is 13.8 Å². The molecule has 1 N–H and O–H groups in total. The van der Waals surface area contributed by atoms with Gasteiger partial charge in [-0.25, -0.2) is 0 Å². The van der Waals surface area contributed by atoms with Crippen molar-refractivity contribution in [2.75, 3.05) is 0 Å². The number of hydrogen-bond donors (Lipinski definition) is 1. The minimum Gasteiger partial charge on any atom is -0.768 e. The Morgan fingerprint density at radius 3 is 2.27 bits per heavy atom. The summed E-state index contributed by atoms with van der Waals surface area (Å²) in [6.45, 7) is 3.32. The smallest absolute Gasteiger partial charge is 0.768 e. The van der Waals surface area contributed by atoms with Crippen molar-refractivity contribution in [1.29, 1.82) is 0 Å². The summed E-state index contributed by atoms with van der Waals surface area (Å²) in [7, 11) is 0. The minimum atomic E-state index is -2.16. The fourth-order valence-corrected chi connectivity index (χ4v) is 1.37. The zero-order valence-corrected chi connectivity index (χ0v) is 9.49. The molecule has 0 aliphatic rings. The second kappa shape index (κ2) is 4.37. The number of aromatic amines is 1. The second-order valence-electron chi connectivity index (χ2n) is 2.00. The third-order valence-electron chi connectivity index (χ3n) is 1.23. The number of aromatic nitrogens is 2. The van der Waals surface area contributed by atoms with Crippen LogP contribution in [0, 0.1) is 13.8 Å². The molecule has 56 valence electrons. The van der Waals surface area contributed by atoms with Gasteiger partial charge in [-0.1, -0.05) is 0 Å². The van der Waals surface area contributed by atoms with Crippen LogP contribution in [0.3, 0.4) is 0 Å². The number of rotatable bonds is 1. The van der Waals surface area contributed by atoms with Crippen LogP contribution in [-0.2, 0) is 11.1 Å². The molecule has 0 amide bonds. The van der Waals surface area contributed by atoms with Crippen LogP contribution in [0.15, 0.2) is 4.90 Å². The average molecular weight is 182 g/mol. The standard InChI is InChI=1S/C5H8N2O2S.Na/c1-3-5(10(8)9)4(2)7-6-3;/h1-2H3,(H,6,7)(H,8,9);/q;+1/p-1. The van der Waals surface area contributed by atoms with E-state index in [0.717, 1.165) is 0 Å². The summed E-state index contributed by atoms with van der Waals surface area (Å²) < 4.78 is 20.9. The quantitative estimate of drug-likeness (QED) is 0.378. The monoisotopic (exact) mass is 182 g/mol. The number of aryl methyl sites for hydroxylation is 2. The molecule has 1 aromatic heterocycles. The van der Waals surface area contributed by atoms with Crippen LogP contribution >= 0.6 is 0 Å². The van der Waals surface area contributed by atoms with E-state index in [1.165, 1.54) is 0 Å². The molecule has 0 spiro atoms. The Morgan fingerprint density at radius 2 is 2.09 bits per heavy atom. The molecule has 0 fully saturated rings. The Balaban J connectivity index is 0.000001000. The second-order valence-corrected chi connectivity index (χ2v) is 2.88. The zero-order valence-electron chi connectivity index (χ0n) is 6.67. The Bertz CT molecular complexity index is 254. The van der Waals surface area contributed by atoms with Crippen molar-refractivity contribution in [2.24, 2.45) is 0 Å². The summed E-state index contributed by atoms with van der Waals surface area (Å²) in [6, 6.07) is 0. The van der Waals surface area contributed by atoms with E-state index in [0.29, 0.717) is 11.4 Å². The van der Waals surface area contributed by atoms with Crippen molar-refractivity contribution < 1.29 is 38.3 Å². The van der Waals surface area contributed by atoms with Gasteiger partial charge in [0, 0.05) is 5.69 Å². The topological polar surface area (TPSA) is 68.8 Å². The van der Waals surface area contributed by atoms with E-state index < -0.39 is 11.1 Å². The number of H-pyrrole nitrogens is 1. The molecule has 0 saturated heterocycles. The third kappa shape index (κ3) is 2.38. The van der Waals surface area contributed by atoms with Gasteiger partial charge < -0.3 is 4.55 Å². The SMILES string of the molecule is Cc1n[nH]c(C)c1S(=O)[O-].[Na+]. The molecular formula is C5H7N2NaO2S. The van der Waals surface area contributed by atoms with Crippen LogP contribution in [0.25, 0.3) is 0 Å². The van der Waals surface area contributed by atoms with E-state index in [9.17, 15) is 8.76 Å². The van der Waals surface area contributed by atoms with Crippen molar-refractivity contribution in [3.8, 4) is 0 Å². The molecule has 0 saturated carbocycles. The molecule has 6 heteroatoms. The number of nitrogens with one attached hydrogen (secondary N) is 1.